The third-order valence-corrected chi connectivity index (χ3v) is 3.56. The van der Waals surface area contributed by atoms with E-state index < -0.39 is 0 Å². The Morgan fingerprint density at radius 1 is 1.21 bits per heavy atom. The van der Waals surface area contributed by atoms with Gasteiger partial charge >= 0.3 is 0 Å². The molecule has 2 heterocycles. The van der Waals surface area contributed by atoms with E-state index in [4.69, 9.17) is 0 Å². The number of aliphatic hydroxyl groups excluding tert-OH is 1. The van der Waals surface area contributed by atoms with Crippen LogP contribution in [0.5, 0.6) is 0 Å². The van der Waals surface area contributed by atoms with Crippen molar-refractivity contribution in [3.8, 4) is 0 Å². The van der Waals surface area contributed by atoms with Crippen LogP contribution in [0.2, 0.25) is 0 Å². The third-order valence-electron chi connectivity index (χ3n) is 3.56. The van der Waals surface area contributed by atoms with Crippen molar-refractivity contribution in [1.29, 1.82) is 0 Å². The second kappa shape index (κ2) is 5.10. The maximum absolute atomic E-state index is 9.38. The van der Waals surface area contributed by atoms with Gasteiger partial charge in [-0.15, -0.1) is 0 Å². The van der Waals surface area contributed by atoms with Crippen LogP contribution in [0.15, 0.2) is 0 Å². The molecule has 2 rings (SSSR count). The Morgan fingerprint density at radius 2 is 2.00 bits per heavy atom. The summed E-state index contributed by atoms with van der Waals surface area (Å²) in [6.07, 6.45) is 4.94. The highest BCUT2D eigenvalue weighted by atomic mass is 16.3. The van der Waals surface area contributed by atoms with Crippen molar-refractivity contribution in [2.45, 2.75) is 31.8 Å². The predicted octanol–water partition coefficient (Wildman–Crippen LogP) is 0.443. The summed E-state index contributed by atoms with van der Waals surface area (Å²) in [6.45, 7) is 5.61. The van der Waals surface area contributed by atoms with Gasteiger partial charge in [0.05, 0.1) is 6.10 Å². The molecule has 0 saturated carbocycles. The molecule has 14 heavy (non-hydrogen) atoms. The second-order valence-corrected chi connectivity index (χ2v) is 4.73. The molecule has 3 nitrogen and oxygen atoms in total. The van der Waals surface area contributed by atoms with Gasteiger partial charge in [-0.2, -0.15) is 0 Å². The minimum atomic E-state index is -0.0528. The van der Waals surface area contributed by atoms with Crippen LogP contribution in [0.1, 0.15) is 25.7 Å². The monoisotopic (exact) mass is 198 g/mol. The Bertz CT molecular complexity index is 164. The van der Waals surface area contributed by atoms with Gasteiger partial charge in [-0.05, 0) is 51.2 Å². The predicted molar refractivity (Wildman–Crippen MR) is 57.3 cm³/mol. The van der Waals surface area contributed by atoms with E-state index in [-0.39, 0.29) is 6.10 Å². The summed E-state index contributed by atoms with van der Waals surface area (Å²) in [5.74, 6) is 0.925. The fraction of sp³-hybridized carbons (Fsp3) is 1.00. The smallest absolute Gasteiger partial charge is 0.0679 e. The summed E-state index contributed by atoms with van der Waals surface area (Å²) in [5, 5.41) is 12.8. The molecule has 0 bridgehead atoms. The van der Waals surface area contributed by atoms with E-state index in [1.165, 1.54) is 38.9 Å². The molecule has 2 N–H and O–H groups in total. The Balaban J connectivity index is 1.61. The van der Waals surface area contributed by atoms with E-state index in [1.807, 2.05) is 0 Å². The van der Waals surface area contributed by atoms with E-state index in [0.717, 1.165) is 25.4 Å². The largest absolute Gasteiger partial charge is 0.392 e. The number of likely N-dealkylation sites (tertiary alicyclic amines) is 1. The topological polar surface area (TPSA) is 35.5 Å². The average molecular weight is 198 g/mol. The molecule has 3 heteroatoms. The maximum atomic E-state index is 9.38. The van der Waals surface area contributed by atoms with Gasteiger partial charge in [-0.3, -0.25) is 0 Å². The van der Waals surface area contributed by atoms with Crippen LogP contribution in [0.25, 0.3) is 0 Å². The highest BCUT2D eigenvalue weighted by Crippen LogP contribution is 2.18. The van der Waals surface area contributed by atoms with Gasteiger partial charge < -0.3 is 15.3 Å². The van der Waals surface area contributed by atoms with Gasteiger partial charge in [0.1, 0.15) is 0 Å². The molecule has 0 aliphatic carbocycles. The molecule has 0 amide bonds. The quantitative estimate of drug-likeness (QED) is 0.691. The van der Waals surface area contributed by atoms with Crippen molar-refractivity contribution in [3.05, 3.63) is 0 Å². The summed E-state index contributed by atoms with van der Waals surface area (Å²) in [6, 6.07) is 0. The van der Waals surface area contributed by atoms with Crippen molar-refractivity contribution in [2.24, 2.45) is 5.92 Å². The van der Waals surface area contributed by atoms with Crippen LogP contribution in [-0.4, -0.2) is 48.8 Å². The highest BCUT2D eigenvalue weighted by molar-refractivity contribution is 4.76. The molecule has 0 radical (unpaired) electrons. The zero-order valence-corrected chi connectivity index (χ0v) is 8.91. The van der Waals surface area contributed by atoms with Crippen LogP contribution >= 0.6 is 0 Å². The fourth-order valence-electron chi connectivity index (χ4n) is 2.55. The summed E-state index contributed by atoms with van der Waals surface area (Å²) >= 11 is 0. The Hall–Kier alpha value is -0.120. The fourth-order valence-corrected chi connectivity index (χ4v) is 2.55. The van der Waals surface area contributed by atoms with Gasteiger partial charge in [0, 0.05) is 13.1 Å². The SMILES string of the molecule is O[C@@H]1CCN(CCC2CCNCC2)C1. The molecule has 1 atom stereocenters. The van der Waals surface area contributed by atoms with Gasteiger partial charge in [0.2, 0.25) is 0 Å². The third kappa shape index (κ3) is 2.94. The van der Waals surface area contributed by atoms with Crippen molar-refractivity contribution in [3.63, 3.8) is 0 Å². The summed E-state index contributed by atoms with van der Waals surface area (Å²) in [4.78, 5) is 2.41. The summed E-state index contributed by atoms with van der Waals surface area (Å²) in [5.41, 5.74) is 0. The molecule has 0 aromatic heterocycles. The van der Waals surface area contributed by atoms with Crippen LogP contribution in [0, 0.1) is 5.92 Å². The van der Waals surface area contributed by atoms with E-state index in [1.54, 1.807) is 0 Å². The van der Waals surface area contributed by atoms with E-state index in [0.29, 0.717) is 0 Å². The number of piperidine rings is 1. The lowest BCUT2D eigenvalue weighted by Crippen LogP contribution is -2.31. The summed E-state index contributed by atoms with van der Waals surface area (Å²) in [7, 11) is 0. The first kappa shape index (κ1) is 10.4. The number of hydrogen-bond donors (Lipinski definition) is 2. The number of hydrogen-bond acceptors (Lipinski definition) is 3. The number of aliphatic hydroxyl groups is 1. The van der Waals surface area contributed by atoms with Crippen LogP contribution in [-0.2, 0) is 0 Å². The van der Waals surface area contributed by atoms with Gasteiger partial charge in [0.15, 0.2) is 0 Å². The lowest BCUT2D eigenvalue weighted by molar-refractivity contribution is 0.172. The average Bonchev–Trinajstić information content (AvgIpc) is 2.63. The van der Waals surface area contributed by atoms with Crippen LogP contribution < -0.4 is 5.32 Å². The molecule has 2 aliphatic heterocycles. The zero-order valence-electron chi connectivity index (χ0n) is 8.91. The molecule has 0 spiro atoms. The first-order valence-electron chi connectivity index (χ1n) is 5.96. The second-order valence-electron chi connectivity index (χ2n) is 4.73. The number of nitrogens with zero attached hydrogens (tertiary/aromatic N) is 1. The van der Waals surface area contributed by atoms with Gasteiger partial charge in [-0.1, -0.05) is 0 Å². The summed E-state index contributed by atoms with van der Waals surface area (Å²) < 4.78 is 0. The molecule has 0 unspecified atom stereocenters. The number of β-amino-alcohol motifs (C(OH)–C–C–N with tert-alkyl or cyclic N) is 1. The molecule has 2 saturated heterocycles. The standard InChI is InChI=1S/C11H22N2O/c14-11-4-8-13(9-11)7-3-10-1-5-12-6-2-10/h10-12,14H,1-9H2/t11-/m1/s1. The lowest BCUT2D eigenvalue weighted by Gasteiger charge is -2.24. The first-order valence-corrected chi connectivity index (χ1v) is 5.96. The molecular formula is C11H22N2O. The van der Waals surface area contributed by atoms with Gasteiger partial charge in [-0.25, -0.2) is 0 Å². The van der Waals surface area contributed by atoms with Crippen molar-refractivity contribution < 1.29 is 5.11 Å². The van der Waals surface area contributed by atoms with Gasteiger partial charge in [0.25, 0.3) is 0 Å². The van der Waals surface area contributed by atoms with Crippen LogP contribution in [0.3, 0.4) is 0 Å². The van der Waals surface area contributed by atoms with Crippen molar-refractivity contribution in [2.75, 3.05) is 32.7 Å². The molecular weight excluding hydrogens is 176 g/mol. The number of nitrogens with one attached hydrogen (secondary N) is 1. The minimum absolute atomic E-state index is 0.0528. The molecule has 0 aromatic carbocycles. The molecule has 0 aromatic rings. The highest BCUT2D eigenvalue weighted by Gasteiger charge is 2.21. The zero-order chi connectivity index (χ0) is 9.80. The maximum Gasteiger partial charge on any atom is 0.0679 e. The Kier molecular flexibility index (Phi) is 3.79. The number of rotatable bonds is 3. The van der Waals surface area contributed by atoms with E-state index >= 15 is 0 Å². The Morgan fingerprint density at radius 3 is 2.64 bits per heavy atom. The van der Waals surface area contributed by atoms with Crippen molar-refractivity contribution >= 4 is 0 Å². The lowest BCUT2D eigenvalue weighted by atomic mass is 9.94. The normalized spacial score (nSPS) is 31.1. The molecule has 2 aliphatic rings. The molecule has 82 valence electrons. The Labute approximate surface area is 86.5 Å². The minimum Gasteiger partial charge on any atom is -0.392 e. The van der Waals surface area contributed by atoms with E-state index in [2.05, 4.69) is 10.2 Å². The molecule has 2 fully saturated rings. The van der Waals surface area contributed by atoms with Crippen LogP contribution in [0.4, 0.5) is 0 Å². The van der Waals surface area contributed by atoms with E-state index in [9.17, 15) is 5.11 Å². The first-order chi connectivity index (χ1) is 6.84. The van der Waals surface area contributed by atoms with Crippen molar-refractivity contribution in [1.82, 2.24) is 10.2 Å².